The summed E-state index contributed by atoms with van der Waals surface area (Å²) in [6, 6.07) is 8.36. The molecule has 2 aromatic rings. The molecule has 1 saturated heterocycles. The third-order valence-corrected chi connectivity index (χ3v) is 8.98. The highest BCUT2D eigenvalue weighted by Gasteiger charge is 2.32. The fourth-order valence-corrected chi connectivity index (χ4v) is 6.03. The number of hydrogen-bond acceptors (Lipinski definition) is 8. The second-order valence-electron chi connectivity index (χ2n) is 13.2. The molecule has 2 heterocycles. The number of benzene rings is 1. The minimum absolute atomic E-state index is 0.0382. The molecular formula is C37H54N4O7. The van der Waals surface area contributed by atoms with E-state index in [1.807, 2.05) is 57.2 Å². The standard InChI is InChI=1S/C37H54N4O7/c1-7-11-34(43)48-25(6)30(20-16-26-15-17-27-18-19-28(8-2)39-32(27)22-26)33(42)14-9-12-29(23(3)4)35(44)38-24(5)36(45)41-21-10-13-31(40-41)37(46)47/h15-20,22-25,29-31,34,40,43H,7-14,21H2,1-6H3,(H,38,44)(H,46,47)/b20-16+/t24-,25?,29-,30?,31-,34?/m0/s1. The average molecular weight is 667 g/mol. The van der Waals surface area contributed by atoms with Crippen LogP contribution >= 0.6 is 0 Å². The predicted molar refractivity (Wildman–Crippen MR) is 185 cm³/mol. The normalized spacial score (nSPS) is 18.4. The van der Waals surface area contributed by atoms with Gasteiger partial charge < -0.3 is 20.3 Å². The molecular weight excluding hydrogens is 612 g/mol. The molecule has 1 aromatic carbocycles. The zero-order chi connectivity index (χ0) is 35.4. The highest BCUT2D eigenvalue weighted by atomic mass is 16.6. The van der Waals surface area contributed by atoms with Crippen LogP contribution in [0.2, 0.25) is 0 Å². The number of fused-ring (bicyclic) bond motifs is 1. The van der Waals surface area contributed by atoms with Crippen LogP contribution in [0.15, 0.2) is 36.4 Å². The van der Waals surface area contributed by atoms with Crippen molar-refractivity contribution in [1.29, 1.82) is 0 Å². The van der Waals surface area contributed by atoms with Gasteiger partial charge >= 0.3 is 5.97 Å². The van der Waals surface area contributed by atoms with Gasteiger partial charge in [-0.1, -0.05) is 64.5 Å². The Morgan fingerprint density at radius 2 is 1.83 bits per heavy atom. The highest BCUT2D eigenvalue weighted by molar-refractivity contribution is 5.89. The molecule has 1 fully saturated rings. The van der Waals surface area contributed by atoms with Crippen LogP contribution in [0.25, 0.3) is 17.0 Å². The molecule has 1 aromatic heterocycles. The van der Waals surface area contributed by atoms with Crippen molar-refractivity contribution >= 4 is 40.5 Å². The zero-order valence-corrected chi connectivity index (χ0v) is 29.3. The number of hydrogen-bond donors (Lipinski definition) is 4. The van der Waals surface area contributed by atoms with Gasteiger partial charge in [0.25, 0.3) is 5.91 Å². The van der Waals surface area contributed by atoms with Gasteiger partial charge in [0.05, 0.1) is 17.5 Å². The molecule has 3 rings (SSSR count). The first kappa shape index (κ1) is 38.8. The number of ketones is 1. The molecule has 2 amide bonds. The first-order valence-electron chi connectivity index (χ1n) is 17.4. The molecule has 264 valence electrons. The van der Waals surface area contributed by atoms with Gasteiger partial charge in [0, 0.05) is 30.0 Å². The van der Waals surface area contributed by atoms with Crippen LogP contribution in [0.4, 0.5) is 0 Å². The number of carbonyl (C=O) groups excluding carboxylic acids is 3. The summed E-state index contributed by atoms with van der Waals surface area (Å²) in [7, 11) is 0. The van der Waals surface area contributed by atoms with Crippen molar-refractivity contribution in [3.63, 3.8) is 0 Å². The largest absolute Gasteiger partial charge is 0.480 e. The average Bonchev–Trinajstić information content (AvgIpc) is 3.05. The van der Waals surface area contributed by atoms with E-state index in [-0.39, 0.29) is 24.0 Å². The number of aliphatic hydroxyl groups excluding tert-OH is 1. The number of carbonyl (C=O) groups is 4. The number of Topliss-reactive ketones (excluding diaryl/α,β-unsaturated/α-hetero) is 1. The van der Waals surface area contributed by atoms with Gasteiger partial charge in [0.15, 0.2) is 6.29 Å². The Kier molecular flexibility index (Phi) is 15.2. The maximum atomic E-state index is 13.7. The molecule has 4 N–H and O–H groups in total. The van der Waals surface area contributed by atoms with E-state index >= 15 is 0 Å². The van der Waals surface area contributed by atoms with E-state index in [0.29, 0.717) is 38.6 Å². The highest BCUT2D eigenvalue weighted by Crippen LogP contribution is 2.24. The first-order valence-corrected chi connectivity index (χ1v) is 17.4. The van der Waals surface area contributed by atoms with E-state index in [4.69, 9.17) is 9.72 Å². The number of aryl methyl sites for hydroxylation is 1. The fraction of sp³-hybridized carbons (Fsp3) is 0.595. The lowest BCUT2D eigenvalue weighted by Gasteiger charge is -2.34. The Labute approximate surface area is 284 Å². The summed E-state index contributed by atoms with van der Waals surface area (Å²) in [5, 5.41) is 24.8. The number of nitrogens with zero attached hydrogens (tertiary/aromatic N) is 2. The van der Waals surface area contributed by atoms with E-state index in [2.05, 4.69) is 23.7 Å². The molecule has 1 aliphatic rings. The molecule has 0 aliphatic carbocycles. The summed E-state index contributed by atoms with van der Waals surface area (Å²) in [6.07, 6.45) is 6.32. The van der Waals surface area contributed by atoms with Gasteiger partial charge in [-0.05, 0) is 76.0 Å². The second kappa shape index (κ2) is 18.8. The minimum atomic E-state index is -1.02. The van der Waals surface area contributed by atoms with Crippen LogP contribution in [0.3, 0.4) is 0 Å². The van der Waals surface area contributed by atoms with Crippen molar-refractivity contribution in [2.45, 2.75) is 117 Å². The third-order valence-electron chi connectivity index (χ3n) is 8.98. The number of aromatic nitrogens is 1. The number of ether oxygens (including phenoxy) is 1. The molecule has 11 nitrogen and oxygen atoms in total. The Balaban J connectivity index is 1.66. The van der Waals surface area contributed by atoms with Crippen molar-refractivity contribution in [1.82, 2.24) is 20.7 Å². The Bertz CT molecular complexity index is 1430. The lowest BCUT2D eigenvalue weighted by atomic mass is 9.87. The van der Waals surface area contributed by atoms with E-state index in [0.717, 1.165) is 35.0 Å². The maximum Gasteiger partial charge on any atom is 0.322 e. The van der Waals surface area contributed by atoms with E-state index in [1.54, 1.807) is 13.8 Å². The van der Waals surface area contributed by atoms with Gasteiger partial charge in [0.2, 0.25) is 5.91 Å². The van der Waals surface area contributed by atoms with Crippen molar-refractivity contribution in [3.05, 3.63) is 47.7 Å². The topological polar surface area (TPSA) is 158 Å². The van der Waals surface area contributed by atoms with Gasteiger partial charge in [0.1, 0.15) is 17.9 Å². The quantitative estimate of drug-likeness (QED) is 0.160. The first-order chi connectivity index (χ1) is 22.8. The number of hydrazine groups is 1. The predicted octanol–water partition coefficient (Wildman–Crippen LogP) is 5.05. The summed E-state index contributed by atoms with van der Waals surface area (Å²) in [5.41, 5.74) is 5.53. The number of carboxylic acids is 1. The Morgan fingerprint density at radius 3 is 2.50 bits per heavy atom. The Hall–Kier alpha value is -3.67. The summed E-state index contributed by atoms with van der Waals surface area (Å²) in [6.45, 7) is 11.6. The number of aliphatic hydroxyl groups is 1. The monoisotopic (exact) mass is 666 g/mol. The molecule has 6 atom stereocenters. The molecule has 11 heteroatoms. The van der Waals surface area contributed by atoms with Crippen LogP contribution < -0.4 is 10.7 Å². The molecule has 0 saturated carbocycles. The van der Waals surface area contributed by atoms with Crippen molar-refractivity contribution in [2.75, 3.05) is 6.54 Å². The summed E-state index contributed by atoms with van der Waals surface area (Å²) >= 11 is 0. The second-order valence-corrected chi connectivity index (χ2v) is 13.2. The SMILES string of the molecule is CCCC(O)OC(C)C(/C=C/c1ccc2ccc(CC)nc2c1)C(=O)CCC[C@H](C(=O)N[C@@H](C)C(=O)N1CCC[C@@H](C(=O)O)N1)C(C)C. The minimum Gasteiger partial charge on any atom is -0.480 e. The number of nitrogens with one attached hydrogen (secondary N) is 2. The van der Waals surface area contributed by atoms with Crippen LogP contribution in [-0.2, 0) is 30.3 Å². The van der Waals surface area contributed by atoms with Gasteiger partial charge in [-0.25, -0.2) is 5.43 Å². The smallest absolute Gasteiger partial charge is 0.322 e. The maximum absolute atomic E-state index is 13.7. The third kappa shape index (κ3) is 11.2. The summed E-state index contributed by atoms with van der Waals surface area (Å²) < 4.78 is 5.84. The number of amides is 2. The number of carboxylic acid groups (broad SMARTS) is 1. The summed E-state index contributed by atoms with van der Waals surface area (Å²) in [4.78, 5) is 56.0. The summed E-state index contributed by atoms with van der Waals surface area (Å²) in [5.74, 6) is -2.83. The van der Waals surface area contributed by atoms with Gasteiger partial charge in [-0.15, -0.1) is 0 Å². The lowest BCUT2D eigenvalue weighted by molar-refractivity contribution is -0.152. The molecule has 0 radical (unpaired) electrons. The number of rotatable bonds is 18. The molecule has 3 unspecified atom stereocenters. The fourth-order valence-electron chi connectivity index (χ4n) is 6.03. The van der Waals surface area contributed by atoms with Crippen molar-refractivity contribution in [2.24, 2.45) is 17.8 Å². The van der Waals surface area contributed by atoms with Crippen molar-refractivity contribution < 1.29 is 34.1 Å². The van der Waals surface area contributed by atoms with E-state index in [9.17, 15) is 29.4 Å². The molecule has 0 bridgehead atoms. The zero-order valence-electron chi connectivity index (χ0n) is 29.3. The van der Waals surface area contributed by atoms with Gasteiger partial charge in [-0.3, -0.25) is 29.2 Å². The van der Waals surface area contributed by atoms with Crippen molar-refractivity contribution in [3.8, 4) is 0 Å². The van der Waals surface area contributed by atoms with Gasteiger partial charge in [-0.2, -0.15) is 0 Å². The number of aliphatic carboxylic acids is 1. The molecule has 0 spiro atoms. The lowest BCUT2D eigenvalue weighted by Crippen LogP contribution is -2.59. The van der Waals surface area contributed by atoms with Crippen LogP contribution in [0.5, 0.6) is 0 Å². The molecule has 1 aliphatic heterocycles. The Morgan fingerprint density at radius 1 is 1.10 bits per heavy atom. The van der Waals surface area contributed by atoms with E-state index in [1.165, 1.54) is 5.01 Å². The number of pyridine rings is 1. The van der Waals surface area contributed by atoms with Crippen LogP contribution in [-0.4, -0.2) is 74.8 Å². The van der Waals surface area contributed by atoms with E-state index < -0.39 is 48.2 Å². The van der Waals surface area contributed by atoms with Crippen LogP contribution in [0.1, 0.15) is 97.7 Å². The van der Waals surface area contributed by atoms with Crippen LogP contribution in [0, 0.1) is 17.8 Å². The molecule has 48 heavy (non-hydrogen) atoms.